The molecule has 0 aromatic carbocycles. The van der Waals surface area contributed by atoms with E-state index in [1.54, 1.807) is 4.90 Å². The molecule has 0 bridgehead atoms. The third-order valence-electron chi connectivity index (χ3n) is 3.97. The average Bonchev–Trinajstić information content (AvgIpc) is 2.50. The number of ether oxygens (including phenoxy) is 1. The van der Waals surface area contributed by atoms with Crippen molar-refractivity contribution in [2.45, 2.75) is 59.3 Å². The summed E-state index contributed by atoms with van der Waals surface area (Å²) in [5.41, 5.74) is 2.60. The number of hydrogen-bond acceptors (Lipinski definition) is 2. The van der Waals surface area contributed by atoms with Crippen molar-refractivity contribution in [1.29, 1.82) is 0 Å². The van der Waals surface area contributed by atoms with Crippen molar-refractivity contribution in [2.75, 3.05) is 19.2 Å². The summed E-state index contributed by atoms with van der Waals surface area (Å²) < 4.78 is 5.62. The molecule has 3 nitrogen and oxygen atoms in total. The predicted molar refractivity (Wildman–Crippen MR) is 83.6 cm³/mol. The molecule has 0 heterocycles. The van der Waals surface area contributed by atoms with Gasteiger partial charge in [-0.25, -0.2) is 0 Å². The first-order valence-electron chi connectivity index (χ1n) is 7.85. The second-order valence-electron chi connectivity index (χ2n) is 5.33. The smallest absolute Gasteiger partial charge is 0.243 e. The highest BCUT2D eigenvalue weighted by Gasteiger charge is 2.28. The lowest BCUT2D eigenvalue weighted by Crippen LogP contribution is -2.38. The maximum Gasteiger partial charge on any atom is 0.243 e. The molecule has 1 unspecified atom stereocenters. The van der Waals surface area contributed by atoms with Crippen LogP contribution in [0, 0.1) is 5.92 Å². The molecular formula is C16H28ClNO2. The van der Waals surface area contributed by atoms with E-state index in [9.17, 15) is 4.79 Å². The summed E-state index contributed by atoms with van der Waals surface area (Å²) in [5, 5.41) is 0. The molecule has 0 saturated carbocycles. The number of hydrogen-bond donors (Lipinski definition) is 0. The molecule has 0 aliphatic heterocycles. The van der Waals surface area contributed by atoms with Gasteiger partial charge in [0.15, 0.2) is 0 Å². The first kappa shape index (κ1) is 17.5. The maximum absolute atomic E-state index is 12.2. The summed E-state index contributed by atoms with van der Waals surface area (Å²) in [7, 11) is 0. The van der Waals surface area contributed by atoms with Crippen LogP contribution in [0.25, 0.3) is 0 Å². The number of alkyl halides is 1. The monoisotopic (exact) mass is 301 g/mol. The first-order chi connectivity index (χ1) is 9.69. The third-order valence-corrected chi connectivity index (χ3v) is 4.20. The van der Waals surface area contributed by atoms with E-state index < -0.39 is 0 Å². The van der Waals surface area contributed by atoms with E-state index in [0.29, 0.717) is 19.3 Å². The van der Waals surface area contributed by atoms with E-state index in [1.807, 2.05) is 0 Å². The maximum atomic E-state index is 12.2. The fraction of sp³-hybridized carbons (Fsp3) is 0.812. The minimum absolute atomic E-state index is 0.0203. The van der Waals surface area contributed by atoms with Crippen molar-refractivity contribution >= 4 is 17.5 Å². The minimum atomic E-state index is -0.0379. The van der Waals surface area contributed by atoms with Crippen molar-refractivity contribution in [3.63, 3.8) is 0 Å². The number of rotatable bonds is 8. The Bertz CT molecular complexity index is 341. The number of carbonyl (C=O) groups excluding carboxylic acids is 1. The van der Waals surface area contributed by atoms with Gasteiger partial charge in [0.25, 0.3) is 0 Å². The summed E-state index contributed by atoms with van der Waals surface area (Å²) >= 11 is 5.79. The van der Waals surface area contributed by atoms with Gasteiger partial charge < -0.3 is 4.74 Å². The fourth-order valence-electron chi connectivity index (χ4n) is 2.93. The molecule has 0 saturated heterocycles. The van der Waals surface area contributed by atoms with Gasteiger partial charge in [0.05, 0.1) is 0 Å². The summed E-state index contributed by atoms with van der Waals surface area (Å²) in [5.74, 6) is 0.451. The Morgan fingerprint density at radius 1 is 1.40 bits per heavy atom. The Labute approximate surface area is 128 Å². The first-order valence-corrected chi connectivity index (χ1v) is 8.38. The van der Waals surface area contributed by atoms with Crippen LogP contribution in [-0.2, 0) is 9.53 Å². The highest BCUT2D eigenvalue weighted by Crippen LogP contribution is 2.36. The van der Waals surface area contributed by atoms with Crippen molar-refractivity contribution < 1.29 is 9.53 Å². The quantitative estimate of drug-likeness (QED) is 0.380. The molecule has 0 fully saturated rings. The van der Waals surface area contributed by atoms with Crippen LogP contribution in [0.5, 0.6) is 0 Å². The fourth-order valence-corrected chi connectivity index (χ4v) is 3.07. The zero-order valence-electron chi connectivity index (χ0n) is 13.1. The van der Waals surface area contributed by atoms with Crippen molar-refractivity contribution in [2.24, 2.45) is 5.92 Å². The SMILES string of the molecule is CCCOCN(C(=O)CCl)C1=C(CC)CCCC1CC. The molecule has 1 atom stereocenters. The van der Waals surface area contributed by atoms with Crippen LogP contribution in [0.15, 0.2) is 11.3 Å². The molecule has 0 spiro atoms. The topological polar surface area (TPSA) is 29.5 Å². The summed E-state index contributed by atoms with van der Waals surface area (Å²) in [6.45, 7) is 7.45. The van der Waals surface area contributed by atoms with Crippen LogP contribution in [0.4, 0.5) is 0 Å². The molecule has 20 heavy (non-hydrogen) atoms. The van der Waals surface area contributed by atoms with Crippen molar-refractivity contribution in [1.82, 2.24) is 4.90 Å². The van der Waals surface area contributed by atoms with Gasteiger partial charge in [0, 0.05) is 12.3 Å². The van der Waals surface area contributed by atoms with Gasteiger partial charge in [0.2, 0.25) is 5.91 Å². The van der Waals surface area contributed by atoms with E-state index in [2.05, 4.69) is 20.8 Å². The van der Waals surface area contributed by atoms with E-state index in [4.69, 9.17) is 16.3 Å². The van der Waals surface area contributed by atoms with Crippen molar-refractivity contribution in [3.8, 4) is 0 Å². The summed E-state index contributed by atoms with van der Waals surface area (Å²) in [4.78, 5) is 14.0. The van der Waals surface area contributed by atoms with Crippen LogP contribution < -0.4 is 0 Å². The Hall–Kier alpha value is -0.540. The van der Waals surface area contributed by atoms with E-state index in [1.165, 1.54) is 17.7 Å². The lowest BCUT2D eigenvalue weighted by molar-refractivity contribution is -0.132. The zero-order valence-corrected chi connectivity index (χ0v) is 13.8. The largest absolute Gasteiger partial charge is 0.361 e. The molecule has 1 rings (SSSR count). The minimum Gasteiger partial charge on any atom is -0.361 e. The predicted octanol–water partition coefficient (Wildman–Crippen LogP) is 4.31. The van der Waals surface area contributed by atoms with Crippen molar-refractivity contribution in [3.05, 3.63) is 11.3 Å². The molecule has 1 aliphatic carbocycles. The Morgan fingerprint density at radius 3 is 2.70 bits per heavy atom. The van der Waals surface area contributed by atoms with Gasteiger partial charge in [-0.3, -0.25) is 9.69 Å². The van der Waals surface area contributed by atoms with Gasteiger partial charge in [0.1, 0.15) is 12.6 Å². The Balaban J connectivity index is 2.99. The molecule has 116 valence electrons. The van der Waals surface area contributed by atoms with Gasteiger partial charge >= 0.3 is 0 Å². The molecule has 0 N–H and O–H groups in total. The van der Waals surface area contributed by atoms with Crippen LogP contribution >= 0.6 is 11.6 Å². The highest BCUT2D eigenvalue weighted by atomic mass is 35.5. The zero-order chi connectivity index (χ0) is 15.0. The van der Waals surface area contributed by atoms with Crippen LogP contribution in [0.2, 0.25) is 0 Å². The molecule has 0 radical (unpaired) electrons. The second kappa shape index (κ2) is 9.41. The van der Waals surface area contributed by atoms with Gasteiger partial charge in [-0.15, -0.1) is 11.6 Å². The normalized spacial score (nSPS) is 19.3. The molecule has 1 aliphatic rings. The highest BCUT2D eigenvalue weighted by molar-refractivity contribution is 6.27. The van der Waals surface area contributed by atoms with Gasteiger partial charge in [-0.2, -0.15) is 0 Å². The third kappa shape index (κ3) is 4.49. The lowest BCUT2D eigenvalue weighted by atomic mass is 9.83. The molecule has 0 aromatic rings. The van der Waals surface area contributed by atoms with Crippen LogP contribution in [0.1, 0.15) is 59.3 Å². The molecular weight excluding hydrogens is 274 g/mol. The van der Waals surface area contributed by atoms with Crippen LogP contribution in [0.3, 0.4) is 0 Å². The van der Waals surface area contributed by atoms with Gasteiger partial charge in [-0.05, 0) is 44.4 Å². The Kier molecular flexibility index (Phi) is 8.24. The van der Waals surface area contributed by atoms with E-state index in [-0.39, 0.29) is 11.8 Å². The van der Waals surface area contributed by atoms with E-state index >= 15 is 0 Å². The number of amides is 1. The number of nitrogens with zero attached hydrogens (tertiary/aromatic N) is 1. The molecule has 1 amide bonds. The number of halogens is 1. The average molecular weight is 302 g/mol. The second-order valence-corrected chi connectivity index (χ2v) is 5.60. The lowest BCUT2D eigenvalue weighted by Gasteiger charge is -2.35. The summed E-state index contributed by atoms with van der Waals surface area (Å²) in [6.07, 6.45) is 6.52. The molecule has 4 heteroatoms. The molecule has 0 aromatic heterocycles. The number of allylic oxidation sites excluding steroid dienone is 2. The van der Waals surface area contributed by atoms with Gasteiger partial charge in [-0.1, -0.05) is 26.3 Å². The van der Waals surface area contributed by atoms with E-state index in [0.717, 1.165) is 32.1 Å². The Morgan fingerprint density at radius 2 is 2.15 bits per heavy atom. The number of carbonyl (C=O) groups is 1. The standard InChI is InChI=1S/C16H28ClNO2/c1-4-10-20-12-18(15(19)11-17)16-13(5-2)8-7-9-14(16)6-3/h13H,4-12H2,1-3H3. The summed E-state index contributed by atoms with van der Waals surface area (Å²) in [6, 6.07) is 0. The van der Waals surface area contributed by atoms with Crippen LogP contribution in [-0.4, -0.2) is 30.0 Å².